The monoisotopic (exact) mass is 357 g/mol. The van der Waals surface area contributed by atoms with Gasteiger partial charge in [-0.05, 0) is 56.8 Å². The van der Waals surface area contributed by atoms with Crippen LogP contribution in [0.3, 0.4) is 0 Å². The summed E-state index contributed by atoms with van der Waals surface area (Å²) >= 11 is 0. The van der Waals surface area contributed by atoms with Crippen molar-refractivity contribution in [2.75, 3.05) is 45.3 Å². The molecule has 1 aromatic rings. The molecule has 0 unspecified atom stereocenters. The molecule has 1 N–H and O–H groups in total. The molecule has 6 nitrogen and oxygen atoms in total. The van der Waals surface area contributed by atoms with Crippen LogP contribution < -0.4 is 10.2 Å². The van der Waals surface area contributed by atoms with Crippen LogP contribution in [0.2, 0.25) is 0 Å². The highest BCUT2D eigenvalue weighted by molar-refractivity contribution is 6.02. The Hall–Kier alpha value is -2.18. The Bertz CT molecular complexity index is 702. The first-order valence-corrected chi connectivity index (χ1v) is 9.10. The third-order valence-electron chi connectivity index (χ3n) is 5.25. The Morgan fingerprint density at radius 1 is 1.38 bits per heavy atom. The Kier molecular flexibility index (Phi) is 5.74. The predicted molar refractivity (Wildman–Crippen MR) is 101 cm³/mol. The average Bonchev–Trinajstić information content (AvgIpc) is 3.13. The standard InChI is InChI=1S/C20H27N3O3/c1-4-19(24)23-9-5-6-14-10-15(7-8-17(14)23)20(25)21-11-16-12-26-13-18(16)22(2)3/h4,7-8,10,16,18H,1,5-6,9,11-13H2,2-3H3,(H,21,25)/t16-,18-/m1/s1. The van der Waals surface area contributed by atoms with Gasteiger partial charge in [-0.2, -0.15) is 0 Å². The lowest BCUT2D eigenvalue weighted by molar-refractivity contribution is -0.114. The zero-order valence-electron chi connectivity index (χ0n) is 15.5. The fourth-order valence-corrected chi connectivity index (χ4v) is 3.76. The molecular formula is C20H27N3O3. The SMILES string of the molecule is C=CC(=O)N1CCCc2cc(C(=O)NC[C@@H]3COC[C@H]3N(C)C)ccc21. The molecule has 0 radical (unpaired) electrons. The molecule has 26 heavy (non-hydrogen) atoms. The molecule has 2 amide bonds. The van der Waals surface area contributed by atoms with Crippen molar-refractivity contribution in [3.05, 3.63) is 42.0 Å². The molecule has 1 saturated heterocycles. The van der Waals surface area contributed by atoms with Crippen molar-refractivity contribution in [1.82, 2.24) is 10.2 Å². The van der Waals surface area contributed by atoms with Crippen molar-refractivity contribution >= 4 is 17.5 Å². The lowest BCUT2D eigenvalue weighted by atomic mass is 9.98. The Morgan fingerprint density at radius 2 is 2.19 bits per heavy atom. The maximum absolute atomic E-state index is 12.6. The third kappa shape index (κ3) is 3.81. The van der Waals surface area contributed by atoms with Gasteiger partial charge in [0.1, 0.15) is 0 Å². The number of fused-ring (bicyclic) bond motifs is 1. The maximum atomic E-state index is 12.6. The molecule has 2 atom stereocenters. The zero-order chi connectivity index (χ0) is 18.7. The van der Waals surface area contributed by atoms with Gasteiger partial charge in [0, 0.05) is 36.3 Å². The van der Waals surface area contributed by atoms with Crippen molar-refractivity contribution in [2.45, 2.75) is 18.9 Å². The number of nitrogens with zero attached hydrogens (tertiary/aromatic N) is 2. The van der Waals surface area contributed by atoms with Crippen LogP contribution in [0.4, 0.5) is 5.69 Å². The summed E-state index contributed by atoms with van der Waals surface area (Å²) in [4.78, 5) is 28.4. The van der Waals surface area contributed by atoms with Gasteiger partial charge >= 0.3 is 0 Å². The van der Waals surface area contributed by atoms with Gasteiger partial charge in [0.2, 0.25) is 5.91 Å². The van der Waals surface area contributed by atoms with E-state index in [0.29, 0.717) is 43.8 Å². The minimum Gasteiger partial charge on any atom is -0.379 e. The smallest absolute Gasteiger partial charge is 0.251 e. The van der Waals surface area contributed by atoms with E-state index in [9.17, 15) is 9.59 Å². The predicted octanol–water partition coefficient (Wildman–Crippen LogP) is 1.46. The number of aryl methyl sites for hydroxylation is 1. The molecule has 6 heteroatoms. The molecule has 0 aromatic heterocycles. The number of likely N-dealkylation sites (N-methyl/N-ethyl adjacent to an activating group) is 1. The number of carbonyl (C=O) groups is 2. The molecule has 0 bridgehead atoms. The summed E-state index contributed by atoms with van der Waals surface area (Å²) < 4.78 is 5.55. The summed E-state index contributed by atoms with van der Waals surface area (Å²) in [5.41, 5.74) is 2.56. The van der Waals surface area contributed by atoms with Crippen LogP contribution in [0.25, 0.3) is 0 Å². The van der Waals surface area contributed by atoms with E-state index in [1.807, 2.05) is 26.2 Å². The van der Waals surface area contributed by atoms with Crippen LogP contribution in [0.15, 0.2) is 30.9 Å². The Balaban J connectivity index is 1.67. The number of hydrogen-bond acceptors (Lipinski definition) is 4. The van der Waals surface area contributed by atoms with E-state index in [2.05, 4.69) is 16.8 Å². The molecule has 0 aliphatic carbocycles. The van der Waals surface area contributed by atoms with Crippen LogP contribution in [0.5, 0.6) is 0 Å². The van der Waals surface area contributed by atoms with Crippen LogP contribution in [-0.4, -0.2) is 63.2 Å². The molecule has 140 valence electrons. The number of amides is 2. The average molecular weight is 357 g/mol. The highest BCUT2D eigenvalue weighted by Crippen LogP contribution is 2.28. The van der Waals surface area contributed by atoms with E-state index in [4.69, 9.17) is 4.74 Å². The third-order valence-corrected chi connectivity index (χ3v) is 5.25. The summed E-state index contributed by atoms with van der Waals surface area (Å²) in [5, 5.41) is 3.04. The Labute approximate surface area is 154 Å². The first kappa shape index (κ1) is 18.6. The van der Waals surface area contributed by atoms with Gasteiger partial charge in [0.05, 0.1) is 13.2 Å². The van der Waals surface area contributed by atoms with Gasteiger partial charge in [0.25, 0.3) is 5.91 Å². The van der Waals surface area contributed by atoms with Crippen LogP contribution in [0.1, 0.15) is 22.3 Å². The molecule has 2 heterocycles. The molecule has 2 aliphatic heterocycles. The van der Waals surface area contributed by atoms with E-state index >= 15 is 0 Å². The minimum absolute atomic E-state index is 0.0793. The fraction of sp³-hybridized carbons (Fsp3) is 0.500. The summed E-state index contributed by atoms with van der Waals surface area (Å²) in [6, 6.07) is 5.89. The molecular weight excluding hydrogens is 330 g/mol. The van der Waals surface area contributed by atoms with Crippen molar-refractivity contribution in [1.29, 1.82) is 0 Å². The topological polar surface area (TPSA) is 61.9 Å². The van der Waals surface area contributed by atoms with Gasteiger partial charge in [0.15, 0.2) is 0 Å². The summed E-state index contributed by atoms with van der Waals surface area (Å²) in [5.74, 6) is 0.121. The van der Waals surface area contributed by atoms with E-state index < -0.39 is 0 Å². The van der Waals surface area contributed by atoms with Gasteiger partial charge in [-0.3, -0.25) is 9.59 Å². The second kappa shape index (κ2) is 8.01. The first-order valence-electron chi connectivity index (χ1n) is 9.10. The second-order valence-electron chi connectivity index (χ2n) is 7.18. The molecule has 3 rings (SSSR count). The van der Waals surface area contributed by atoms with E-state index in [-0.39, 0.29) is 11.8 Å². The quantitative estimate of drug-likeness (QED) is 0.811. The minimum atomic E-state index is -0.0980. The van der Waals surface area contributed by atoms with Crippen LogP contribution in [0, 0.1) is 5.92 Å². The number of nitrogens with one attached hydrogen (secondary N) is 1. The lowest BCUT2D eigenvalue weighted by Crippen LogP contribution is -2.41. The number of ether oxygens (including phenoxy) is 1. The number of rotatable bonds is 5. The largest absolute Gasteiger partial charge is 0.379 e. The highest BCUT2D eigenvalue weighted by Gasteiger charge is 2.30. The van der Waals surface area contributed by atoms with Gasteiger partial charge in [-0.25, -0.2) is 0 Å². The number of hydrogen-bond donors (Lipinski definition) is 1. The van der Waals surface area contributed by atoms with Crippen molar-refractivity contribution < 1.29 is 14.3 Å². The van der Waals surface area contributed by atoms with E-state index in [1.165, 1.54) is 6.08 Å². The van der Waals surface area contributed by atoms with Crippen molar-refractivity contribution in [3.8, 4) is 0 Å². The summed E-state index contributed by atoms with van der Waals surface area (Å²) in [6.45, 7) is 6.23. The van der Waals surface area contributed by atoms with Crippen LogP contribution >= 0.6 is 0 Å². The number of benzene rings is 1. The molecule has 0 saturated carbocycles. The molecule has 0 spiro atoms. The van der Waals surface area contributed by atoms with Crippen LogP contribution in [-0.2, 0) is 16.0 Å². The first-order chi connectivity index (χ1) is 12.5. The lowest BCUT2D eigenvalue weighted by Gasteiger charge is -2.29. The molecule has 1 fully saturated rings. The fourth-order valence-electron chi connectivity index (χ4n) is 3.76. The number of carbonyl (C=O) groups excluding carboxylic acids is 2. The molecule has 1 aromatic carbocycles. The second-order valence-corrected chi connectivity index (χ2v) is 7.18. The van der Waals surface area contributed by atoms with Gasteiger partial charge in [-0.1, -0.05) is 6.58 Å². The van der Waals surface area contributed by atoms with Crippen molar-refractivity contribution in [2.24, 2.45) is 5.92 Å². The summed E-state index contributed by atoms with van der Waals surface area (Å²) in [7, 11) is 4.07. The van der Waals surface area contributed by atoms with Gasteiger partial charge in [-0.15, -0.1) is 0 Å². The van der Waals surface area contributed by atoms with Gasteiger partial charge < -0.3 is 19.9 Å². The van der Waals surface area contributed by atoms with E-state index in [1.54, 1.807) is 11.0 Å². The maximum Gasteiger partial charge on any atom is 0.251 e. The zero-order valence-corrected chi connectivity index (χ0v) is 15.5. The summed E-state index contributed by atoms with van der Waals surface area (Å²) in [6.07, 6.45) is 3.10. The Morgan fingerprint density at radius 3 is 2.92 bits per heavy atom. The number of anilines is 1. The van der Waals surface area contributed by atoms with Crippen molar-refractivity contribution in [3.63, 3.8) is 0 Å². The van der Waals surface area contributed by atoms with E-state index in [0.717, 1.165) is 24.1 Å². The molecule has 2 aliphatic rings. The normalized spacial score (nSPS) is 22.2. The highest BCUT2D eigenvalue weighted by atomic mass is 16.5.